The molecular weight excluding hydrogens is 211 g/mol. The molecule has 2 N–H and O–H groups in total. The normalized spacial score (nSPS) is 10.1. The number of rotatable bonds is 4. The second-order valence-corrected chi connectivity index (χ2v) is 4.07. The van der Waals surface area contributed by atoms with Crippen molar-refractivity contribution >= 4 is 13.6 Å². The van der Waals surface area contributed by atoms with Gasteiger partial charge in [0, 0.05) is 13.7 Å². The van der Waals surface area contributed by atoms with Crippen LogP contribution in [0.1, 0.15) is 13.3 Å². The van der Waals surface area contributed by atoms with Crippen LogP contribution in [-0.2, 0) is 18.8 Å². The first-order valence-electron chi connectivity index (χ1n) is 3.97. The fraction of sp³-hybridized carbons (Fsp3) is 0.857. The molecule has 0 saturated heterocycles. The third-order valence-electron chi connectivity index (χ3n) is 1.12. The van der Waals surface area contributed by atoms with E-state index in [1.165, 1.54) is 7.11 Å². The third kappa shape index (κ3) is 17.6. The minimum atomic E-state index is -4.03. The van der Waals surface area contributed by atoms with Crippen molar-refractivity contribution in [3.63, 3.8) is 0 Å². The van der Waals surface area contributed by atoms with Crippen molar-refractivity contribution in [2.45, 2.75) is 13.3 Å². The van der Waals surface area contributed by atoms with Gasteiger partial charge >= 0.3 is 13.6 Å². The smallest absolute Gasteiger partial charge is 0.326 e. The van der Waals surface area contributed by atoms with E-state index >= 15 is 0 Å². The highest BCUT2D eigenvalue weighted by atomic mass is 31.2. The zero-order valence-electron chi connectivity index (χ0n) is 8.60. The van der Waals surface area contributed by atoms with Crippen LogP contribution in [0.25, 0.3) is 0 Å². The molecule has 7 heteroatoms. The second kappa shape index (κ2) is 9.15. The molecule has 0 heterocycles. The fourth-order valence-corrected chi connectivity index (χ4v) is 0.813. The van der Waals surface area contributed by atoms with Crippen molar-refractivity contribution in [1.82, 2.24) is 0 Å². The summed E-state index contributed by atoms with van der Waals surface area (Å²) in [6, 6.07) is 0. The Bertz CT molecular complexity index is 185. The van der Waals surface area contributed by atoms with Gasteiger partial charge in [-0.05, 0) is 6.92 Å². The molecule has 0 radical (unpaired) electrons. The van der Waals surface area contributed by atoms with Crippen molar-refractivity contribution in [2.24, 2.45) is 0 Å². The molecule has 0 aromatic carbocycles. The second-order valence-electron chi connectivity index (χ2n) is 2.29. The first-order valence-corrected chi connectivity index (χ1v) is 5.77. The Labute approximate surface area is 83.4 Å². The largest absolute Gasteiger partial charge is 0.469 e. The van der Waals surface area contributed by atoms with Crippen molar-refractivity contribution in [3.05, 3.63) is 0 Å². The van der Waals surface area contributed by atoms with Crippen molar-refractivity contribution in [2.75, 3.05) is 27.0 Å². The summed E-state index contributed by atoms with van der Waals surface area (Å²) >= 11 is 0. The van der Waals surface area contributed by atoms with Crippen LogP contribution in [0.2, 0.25) is 0 Å². The lowest BCUT2D eigenvalue weighted by Gasteiger charge is -2.00. The van der Waals surface area contributed by atoms with Crippen LogP contribution in [0.3, 0.4) is 0 Å². The molecule has 0 aliphatic rings. The maximum absolute atomic E-state index is 10.3. The van der Waals surface area contributed by atoms with E-state index in [1.54, 1.807) is 7.11 Å². The van der Waals surface area contributed by atoms with E-state index in [0.717, 1.165) is 6.61 Å². The number of carbonyl (C=O) groups excluding carboxylic acids is 1. The summed E-state index contributed by atoms with van der Waals surface area (Å²) < 4.78 is 18.8. The standard InChI is InChI=1S/C4H9O5P.C3H8O/c1-9-4(5)2-3-10(6,7)8;1-3-4-2/h2-3H2,1H3,(H2,6,7,8);3H2,1-2H3. The summed E-state index contributed by atoms with van der Waals surface area (Å²) in [5, 5.41) is 0. The van der Waals surface area contributed by atoms with Gasteiger partial charge < -0.3 is 19.3 Å². The van der Waals surface area contributed by atoms with Crippen LogP contribution in [0.15, 0.2) is 0 Å². The summed E-state index contributed by atoms with van der Waals surface area (Å²) in [6.07, 6.45) is -0.680. The quantitative estimate of drug-likeness (QED) is 0.533. The molecule has 0 unspecified atom stereocenters. The highest BCUT2D eigenvalue weighted by molar-refractivity contribution is 7.51. The third-order valence-corrected chi connectivity index (χ3v) is 1.93. The predicted octanol–water partition coefficient (Wildman–Crippen LogP) is 0.380. The van der Waals surface area contributed by atoms with E-state index in [9.17, 15) is 9.36 Å². The average Bonchev–Trinajstić information content (AvgIpc) is 2.13. The summed E-state index contributed by atoms with van der Waals surface area (Å²) in [6.45, 7) is 2.78. The van der Waals surface area contributed by atoms with Crippen LogP contribution in [0.4, 0.5) is 0 Å². The van der Waals surface area contributed by atoms with E-state index in [2.05, 4.69) is 9.47 Å². The summed E-state index contributed by atoms with van der Waals surface area (Å²) in [5.74, 6) is -0.608. The highest BCUT2D eigenvalue weighted by Gasteiger charge is 2.14. The molecule has 0 rings (SSSR count). The summed E-state index contributed by atoms with van der Waals surface area (Å²) in [4.78, 5) is 26.8. The number of ether oxygens (including phenoxy) is 2. The molecule has 0 bridgehead atoms. The van der Waals surface area contributed by atoms with E-state index < -0.39 is 19.7 Å². The van der Waals surface area contributed by atoms with E-state index in [-0.39, 0.29) is 6.42 Å². The Kier molecular flexibility index (Phi) is 10.5. The molecule has 0 aromatic rings. The predicted molar refractivity (Wildman–Crippen MR) is 51.1 cm³/mol. The van der Waals surface area contributed by atoms with Crippen LogP contribution in [0.5, 0.6) is 0 Å². The molecular formula is C7H17O6P. The van der Waals surface area contributed by atoms with Crippen molar-refractivity contribution < 1.29 is 28.6 Å². The van der Waals surface area contributed by atoms with Crippen LogP contribution >= 0.6 is 7.60 Å². The Hall–Kier alpha value is -0.420. The van der Waals surface area contributed by atoms with E-state index in [4.69, 9.17) is 9.79 Å². The van der Waals surface area contributed by atoms with Gasteiger partial charge in [-0.1, -0.05) is 0 Å². The highest BCUT2D eigenvalue weighted by Crippen LogP contribution is 2.34. The lowest BCUT2D eigenvalue weighted by molar-refractivity contribution is -0.140. The van der Waals surface area contributed by atoms with E-state index in [0.29, 0.717) is 0 Å². The molecule has 0 aliphatic carbocycles. The van der Waals surface area contributed by atoms with Gasteiger partial charge in [0.1, 0.15) is 0 Å². The summed E-state index contributed by atoms with van der Waals surface area (Å²) in [7, 11) is -1.18. The zero-order valence-corrected chi connectivity index (χ0v) is 9.49. The first kappa shape index (κ1) is 16.0. The Balaban J connectivity index is 0. The number of hydrogen-bond donors (Lipinski definition) is 2. The van der Waals surface area contributed by atoms with Crippen LogP contribution in [0, 0.1) is 0 Å². The maximum atomic E-state index is 10.3. The number of esters is 1. The van der Waals surface area contributed by atoms with Crippen LogP contribution < -0.4 is 0 Å². The molecule has 0 amide bonds. The molecule has 0 aromatic heterocycles. The van der Waals surface area contributed by atoms with Crippen molar-refractivity contribution in [3.8, 4) is 0 Å². The molecule has 0 fully saturated rings. The molecule has 86 valence electrons. The summed E-state index contributed by atoms with van der Waals surface area (Å²) in [5.41, 5.74) is 0. The Morgan fingerprint density at radius 2 is 1.79 bits per heavy atom. The lowest BCUT2D eigenvalue weighted by Crippen LogP contribution is -2.03. The SMILES string of the molecule is CCOC.COC(=O)CCP(=O)(O)O. The minimum Gasteiger partial charge on any atom is -0.469 e. The molecule has 0 spiro atoms. The molecule has 0 saturated carbocycles. The first-order chi connectivity index (χ1) is 6.37. The molecule has 0 atom stereocenters. The van der Waals surface area contributed by atoms with Gasteiger partial charge in [0.05, 0.1) is 19.7 Å². The van der Waals surface area contributed by atoms with Gasteiger partial charge in [-0.15, -0.1) is 0 Å². The van der Waals surface area contributed by atoms with Crippen LogP contribution in [-0.4, -0.2) is 42.7 Å². The van der Waals surface area contributed by atoms with Crippen molar-refractivity contribution in [1.29, 1.82) is 0 Å². The van der Waals surface area contributed by atoms with Gasteiger partial charge in [-0.3, -0.25) is 9.36 Å². The minimum absolute atomic E-state index is 0.235. The maximum Gasteiger partial charge on any atom is 0.326 e. The number of methoxy groups -OCH3 is 2. The fourth-order valence-electron chi connectivity index (χ4n) is 0.339. The van der Waals surface area contributed by atoms with Gasteiger partial charge in [0.2, 0.25) is 0 Å². The zero-order chi connectivity index (χ0) is 11.6. The Morgan fingerprint density at radius 3 is 2.00 bits per heavy atom. The van der Waals surface area contributed by atoms with Gasteiger partial charge in [-0.25, -0.2) is 0 Å². The monoisotopic (exact) mass is 228 g/mol. The number of carbonyl (C=O) groups is 1. The van der Waals surface area contributed by atoms with Gasteiger partial charge in [0.25, 0.3) is 0 Å². The van der Waals surface area contributed by atoms with Gasteiger partial charge in [-0.2, -0.15) is 0 Å². The van der Waals surface area contributed by atoms with E-state index in [1.807, 2.05) is 6.92 Å². The molecule has 0 aliphatic heterocycles. The average molecular weight is 228 g/mol. The molecule has 14 heavy (non-hydrogen) atoms. The number of hydrogen-bond acceptors (Lipinski definition) is 4. The lowest BCUT2D eigenvalue weighted by atomic mass is 10.5. The topological polar surface area (TPSA) is 93.1 Å². The van der Waals surface area contributed by atoms with Gasteiger partial charge in [0.15, 0.2) is 0 Å². The Morgan fingerprint density at radius 1 is 1.36 bits per heavy atom. The molecule has 6 nitrogen and oxygen atoms in total.